The fraction of sp³-hybridized carbons (Fsp3) is 0.636. The number of hydrogen-bond donors (Lipinski definition) is 3. The molecule has 0 radical (unpaired) electrons. The molecule has 0 spiro atoms. The van der Waals surface area contributed by atoms with Gasteiger partial charge in [0, 0.05) is 13.1 Å². The topological polar surface area (TPSA) is 111 Å². The van der Waals surface area contributed by atoms with Gasteiger partial charge in [0.25, 0.3) is 0 Å². The SMILES string of the molecule is CN(Cc1ncn[nH]1)C(=O)N[C@H]1CC[C@@H](C(=O)O)C1. The van der Waals surface area contributed by atoms with E-state index in [1.165, 1.54) is 11.2 Å². The van der Waals surface area contributed by atoms with Crippen LogP contribution >= 0.6 is 0 Å². The van der Waals surface area contributed by atoms with Gasteiger partial charge in [0.2, 0.25) is 0 Å². The molecule has 1 fully saturated rings. The Morgan fingerprint density at radius 3 is 2.95 bits per heavy atom. The van der Waals surface area contributed by atoms with Crippen LogP contribution in [0.3, 0.4) is 0 Å². The van der Waals surface area contributed by atoms with Gasteiger partial charge in [-0.3, -0.25) is 9.89 Å². The average Bonchev–Trinajstić information content (AvgIpc) is 2.99. The zero-order chi connectivity index (χ0) is 13.8. The first kappa shape index (κ1) is 13.3. The summed E-state index contributed by atoms with van der Waals surface area (Å²) in [5.74, 6) is -0.524. The largest absolute Gasteiger partial charge is 0.481 e. The number of carboxylic acids is 1. The number of carbonyl (C=O) groups is 2. The quantitative estimate of drug-likeness (QED) is 0.721. The molecule has 8 heteroatoms. The first-order valence-corrected chi connectivity index (χ1v) is 6.15. The zero-order valence-electron chi connectivity index (χ0n) is 10.7. The summed E-state index contributed by atoms with van der Waals surface area (Å²) in [6.45, 7) is 0.334. The summed E-state index contributed by atoms with van der Waals surface area (Å²) in [5.41, 5.74) is 0. The lowest BCUT2D eigenvalue weighted by molar-refractivity contribution is -0.141. The van der Waals surface area contributed by atoms with Crippen molar-refractivity contribution >= 4 is 12.0 Å². The minimum atomic E-state index is -0.785. The maximum Gasteiger partial charge on any atom is 0.317 e. The molecule has 1 aliphatic rings. The Morgan fingerprint density at radius 1 is 1.58 bits per heavy atom. The summed E-state index contributed by atoms with van der Waals surface area (Å²) in [4.78, 5) is 28.2. The Hall–Kier alpha value is -2.12. The molecular formula is C11H17N5O3. The van der Waals surface area contributed by atoms with Crippen LogP contribution in [0.5, 0.6) is 0 Å². The molecule has 1 aromatic rings. The molecule has 0 aromatic carbocycles. The van der Waals surface area contributed by atoms with Crippen molar-refractivity contribution in [1.29, 1.82) is 0 Å². The molecule has 2 amide bonds. The van der Waals surface area contributed by atoms with Crippen LogP contribution in [0.1, 0.15) is 25.1 Å². The van der Waals surface area contributed by atoms with Crippen LogP contribution in [0.2, 0.25) is 0 Å². The smallest absolute Gasteiger partial charge is 0.317 e. The number of aromatic amines is 1. The predicted octanol–water partition coefficient (Wildman–Crippen LogP) is 0.199. The second-order valence-electron chi connectivity index (χ2n) is 4.78. The monoisotopic (exact) mass is 267 g/mol. The number of aliphatic carboxylic acids is 1. The van der Waals surface area contributed by atoms with Crippen LogP contribution in [0.15, 0.2) is 6.33 Å². The van der Waals surface area contributed by atoms with Gasteiger partial charge >= 0.3 is 12.0 Å². The summed E-state index contributed by atoms with van der Waals surface area (Å²) >= 11 is 0. The number of carbonyl (C=O) groups excluding carboxylic acids is 1. The van der Waals surface area contributed by atoms with Gasteiger partial charge in [0.05, 0.1) is 12.5 Å². The lowest BCUT2D eigenvalue weighted by Gasteiger charge is -2.20. The molecular weight excluding hydrogens is 250 g/mol. The number of nitrogens with one attached hydrogen (secondary N) is 2. The zero-order valence-corrected chi connectivity index (χ0v) is 10.7. The maximum absolute atomic E-state index is 11.9. The van der Waals surface area contributed by atoms with E-state index in [1.54, 1.807) is 7.05 Å². The fourth-order valence-corrected chi connectivity index (χ4v) is 2.23. The first-order valence-electron chi connectivity index (χ1n) is 6.15. The summed E-state index contributed by atoms with van der Waals surface area (Å²) in [5, 5.41) is 18.1. The van der Waals surface area contributed by atoms with Gasteiger partial charge in [-0.05, 0) is 19.3 Å². The molecule has 0 unspecified atom stereocenters. The number of aromatic nitrogens is 3. The molecule has 2 rings (SSSR count). The van der Waals surface area contributed by atoms with Gasteiger partial charge in [-0.1, -0.05) is 0 Å². The van der Waals surface area contributed by atoms with Crippen molar-refractivity contribution in [3.63, 3.8) is 0 Å². The number of H-pyrrole nitrogens is 1. The van der Waals surface area contributed by atoms with Gasteiger partial charge in [-0.15, -0.1) is 0 Å². The Morgan fingerprint density at radius 2 is 2.37 bits per heavy atom. The highest BCUT2D eigenvalue weighted by molar-refractivity contribution is 5.75. The van der Waals surface area contributed by atoms with Gasteiger partial charge in [0.15, 0.2) is 0 Å². The molecule has 1 aromatic heterocycles. The normalized spacial score (nSPS) is 22.2. The predicted molar refractivity (Wildman–Crippen MR) is 65.1 cm³/mol. The second kappa shape index (κ2) is 5.68. The van der Waals surface area contributed by atoms with Crippen molar-refractivity contribution in [2.24, 2.45) is 5.92 Å². The molecule has 8 nitrogen and oxygen atoms in total. The van der Waals surface area contributed by atoms with E-state index in [4.69, 9.17) is 5.11 Å². The van der Waals surface area contributed by atoms with Gasteiger partial charge < -0.3 is 15.3 Å². The molecule has 1 aliphatic carbocycles. The Kier molecular flexibility index (Phi) is 3.98. The average molecular weight is 267 g/mol. The van der Waals surface area contributed by atoms with Crippen molar-refractivity contribution in [2.45, 2.75) is 31.8 Å². The molecule has 1 saturated carbocycles. The first-order chi connectivity index (χ1) is 9.06. The van der Waals surface area contributed by atoms with E-state index in [0.29, 0.717) is 31.6 Å². The lowest BCUT2D eigenvalue weighted by Crippen LogP contribution is -2.42. The Balaban J connectivity index is 1.79. The number of rotatable bonds is 4. The van der Waals surface area contributed by atoms with Crippen LogP contribution in [0.4, 0.5) is 4.79 Å². The molecule has 1 heterocycles. The third-order valence-electron chi connectivity index (χ3n) is 3.31. The molecule has 0 saturated heterocycles. The highest BCUT2D eigenvalue weighted by Crippen LogP contribution is 2.25. The van der Waals surface area contributed by atoms with Crippen molar-refractivity contribution in [2.75, 3.05) is 7.05 Å². The van der Waals surface area contributed by atoms with Crippen molar-refractivity contribution < 1.29 is 14.7 Å². The van der Waals surface area contributed by atoms with Crippen LogP contribution in [0, 0.1) is 5.92 Å². The van der Waals surface area contributed by atoms with Crippen molar-refractivity contribution in [1.82, 2.24) is 25.4 Å². The van der Waals surface area contributed by atoms with Gasteiger partial charge in [0.1, 0.15) is 12.2 Å². The Labute approximate surface area is 110 Å². The minimum Gasteiger partial charge on any atom is -0.481 e. The van der Waals surface area contributed by atoms with E-state index in [0.717, 1.165) is 0 Å². The van der Waals surface area contributed by atoms with E-state index < -0.39 is 5.97 Å². The number of hydrogen-bond acceptors (Lipinski definition) is 4. The van der Waals surface area contributed by atoms with E-state index in [1.807, 2.05) is 0 Å². The third-order valence-corrected chi connectivity index (χ3v) is 3.31. The summed E-state index contributed by atoms with van der Waals surface area (Å²) in [6.07, 6.45) is 3.21. The maximum atomic E-state index is 11.9. The van der Waals surface area contributed by atoms with Gasteiger partial charge in [-0.25, -0.2) is 9.78 Å². The fourth-order valence-electron chi connectivity index (χ4n) is 2.23. The lowest BCUT2D eigenvalue weighted by atomic mass is 10.1. The molecule has 104 valence electrons. The molecule has 2 atom stereocenters. The van der Waals surface area contributed by atoms with Crippen LogP contribution < -0.4 is 5.32 Å². The number of urea groups is 1. The van der Waals surface area contributed by atoms with Crippen molar-refractivity contribution in [3.8, 4) is 0 Å². The van der Waals surface area contributed by atoms with E-state index in [9.17, 15) is 9.59 Å². The van der Waals surface area contributed by atoms with E-state index in [-0.39, 0.29) is 18.0 Å². The van der Waals surface area contributed by atoms with Crippen LogP contribution in [-0.2, 0) is 11.3 Å². The third kappa shape index (κ3) is 3.43. The highest BCUT2D eigenvalue weighted by Gasteiger charge is 2.31. The van der Waals surface area contributed by atoms with Crippen LogP contribution in [-0.4, -0.2) is 50.3 Å². The number of nitrogens with zero attached hydrogens (tertiary/aromatic N) is 3. The second-order valence-corrected chi connectivity index (χ2v) is 4.78. The van der Waals surface area contributed by atoms with Crippen molar-refractivity contribution in [3.05, 3.63) is 12.2 Å². The Bertz CT molecular complexity index is 447. The summed E-state index contributed by atoms with van der Waals surface area (Å²) < 4.78 is 0. The molecule has 0 bridgehead atoms. The standard InChI is InChI=1S/C11H17N5O3/c1-16(5-9-12-6-13-15-9)11(19)14-8-3-2-7(4-8)10(17)18/h6-8H,2-5H2,1H3,(H,14,19)(H,17,18)(H,12,13,15)/t7-,8+/m1/s1. The molecule has 19 heavy (non-hydrogen) atoms. The number of carboxylic acid groups (broad SMARTS) is 1. The minimum absolute atomic E-state index is 0.0641. The van der Waals surface area contributed by atoms with Gasteiger partial charge in [-0.2, -0.15) is 5.10 Å². The number of amides is 2. The van der Waals surface area contributed by atoms with Crippen LogP contribution in [0.25, 0.3) is 0 Å². The van der Waals surface area contributed by atoms with E-state index >= 15 is 0 Å². The van der Waals surface area contributed by atoms with E-state index in [2.05, 4.69) is 20.5 Å². The summed E-state index contributed by atoms with van der Waals surface area (Å²) in [6, 6.07) is -0.293. The molecule has 3 N–H and O–H groups in total. The highest BCUT2D eigenvalue weighted by atomic mass is 16.4. The molecule has 0 aliphatic heterocycles. The summed E-state index contributed by atoms with van der Waals surface area (Å²) in [7, 11) is 1.65.